The quantitative estimate of drug-likeness (QED) is 0.809. The van der Waals surface area contributed by atoms with Crippen LogP contribution in [0, 0.1) is 25.2 Å². The highest BCUT2D eigenvalue weighted by atomic mass is 79.9. The summed E-state index contributed by atoms with van der Waals surface area (Å²) in [6.45, 7) is 3.85. The van der Waals surface area contributed by atoms with E-state index in [1.807, 2.05) is 32.0 Å². The van der Waals surface area contributed by atoms with Crippen molar-refractivity contribution >= 4 is 38.2 Å². The fourth-order valence-electron chi connectivity index (χ4n) is 2.16. The lowest BCUT2D eigenvalue weighted by atomic mass is 10.1. The summed E-state index contributed by atoms with van der Waals surface area (Å²) in [5.74, 6) is 0.677. The second kappa shape index (κ2) is 7.62. The molecule has 0 aliphatic heterocycles. The normalized spacial score (nSPS) is 10.2. The minimum absolute atomic E-state index is 0.0882. The molecular weight excluding hydrogens is 376 g/mol. The van der Waals surface area contributed by atoms with Gasteiger partial charge in [0.2, 0.25) is 5.91 Å². The first kappa shape index (κ1) is 17.5. The Morgan fingerprint density at radius 2 is 2.17 bits per heavy atom. The summed E-state index contributed by atoms with van der Waals surface area (Å²) >= 11 is 4.88. The number of hydrogen-bond donors (Lipinski definition) is 1. The Bertz CT molecular complexity index is 778. The molecule has 0 radical (unpaired) electrons. The molecule has 0 aliphatic rings. The molecule has 1 aromatic heterocycles. The number of aryl methyl sites for hydroxylation is 2. The molecule has 2 aromatic rings. The van der Waals surface area contributed by atoms with Gasteiger partial charge in [-0.1, -0.05) is 6.07 Å². The van der Waals surface area contributed by atoms with Gasteiger partial charge in [-0.25, -0.2) is 0 Å². The predicted octanol–water partition coefficient (Wildman–Crippen LogP) is 4.58. The molecule has 0 unspecified atom stereocenters. The van der Waals surface area contributed by atoms with Crippen LogP contribution >= 0.6 is 27.3 Å². The minimum Gasteiger partial charge on any atom is -0.496 e. The van der Waals surface area contributed by atoms with Crippen molar-refractivity contribution in [1.82, 2.24) is 0 Å². The maximum absolute atomic E-state index is 12.1. The maximum Gasteiger partial charge on any atom is 0.225 e. The average molecular weight is 393 g/mol. The van der Waals surface area contributed by atoms with Crippen molar-refractivity contribution in [2.45, 2.75) is 26.7 Å². The molecule has 120 valence electrons. The average Bonchev–Trinajstić information content (AvgIpc) is 2.79. The number of methoxy groups -OCH3 is 1. The van der Waals surface area contributed by atoms with Crippen LogP contribution in [0.3, 0.4) is 0 Å². The standard InChI is InChI=1S/C17H17BrN2O2S/c1-10-11(2)23-17(13(10)9-19)20-16(21)7-5-12-4-6-15(22-3)14(18)8-12/h4,6,8H,5,7H2,1-3H3,(H,20,21). The van der Waals surface area contributed by atoms with Gasteiger partial charge in [0.25, 0.3) is 0 Å². The van der Waals surface area contributed by atoms with Crippen molar-refractivity contribution in [3.8, 4) is 11.8 Å². The summed E-state index contributed by atoms with van der Waals surface area (Å²) < 4.78 is 6.06. The number of benzene rings is 1. The number of ether oxygens (including phenoxy) is 1. The van der Waals surface area contributed by atoms with Crippen molar-refractivity contribution in [3.63, 3.8) is 0 Å². The first-order valence-corrected chi connectivity index (χ1v) is 8.69. The highest BCUT2D eigenvalue weighted by molar-refractivity contribution is 9.10. The molecule has 4 nitrogen and oxygen atoms in total. The van der Waals surface area contributed by atoms with Gasteiger partial charge in [0.1, 0.15) is 16.8 Å². The lowest BCUT2D eigenvalue weighted by molar-refractivity contribution is -0.116. The Labute approximate surface area is 148 Å². The van der Waals surface area contributed by atoms with E-state index in [4.69, 9.17) is 4.74 Å². The zero-order valence-corrected chi connectivity index (χ0v) is 15.6. The minimum atomic E-state index is -0.0882. The number of anilines is 1. The van der Waals surface area contributed by atoms with Crippen LogP contribution in [0.25, 0.3) is 0 Å². The van der Waals surface area contributed by atoms with E-state index in [0.29, 0.717) is 23.4 Å². The van der Waals surface area contributed by atoms with Crippen LogP contribution in [0.1, 0.15) is 28.0 Å². The predicted molar refractivity (Wildman–Crippen MR) is 96.2 cm³/mol. The van der Waals surface area contributed by atoms with Crippen molar-refractivity contribution in [2.75, 3.05) is 12.4 Å². The van der Waals surface area contributed by atoms with Crippen molar-refractivity contribution in [1.29, 1.82) is 5.26 Å². The number of carbonyl (C=O) groups excluding carboxylic acids is 1. The summed E-state index contributed by atoms with van der Waals surface area (Å²) in [4.78, 5) is 13.2. The van der Waals surface area contributed by atoms with Gasteiger partial charge in [-0.15, -0.1) is 11.3 Å². The summed E-state index contributed by atoms with van der Waals surface area (Å²) in [6, 6.07) is 7.92. The second-order valence-electron chi connectivity index (χ2n) is 5.12. The number of nitrogens with zero attached hydrogens (tertiary/aromatic N) is 1. The molecule has 0 saturated heterocycles. The van der Waals surface area contributed by atoms with Gasteiger partial charge >= 0.3 is 0 Å². The Balaban J connectivity index is 2.00. The summed E-state index contributed by atoms with van der Waals surface area (Å²) in [7, 11) is 1.62. The van der Waals surface area contributed by atoms with Gasteiger partial charge in [0.05, 0.1) is 17.1 Å². The van der Waals surface area contributed by atoms with Crippen LogP contribution in [-0.2, 0) is 11.2 Å². The number of thiophene rings is 1. The van der Waals surface area contributed by atoms with E-state index < -0.39 is 0 Å². The van der Waals surface area contributed by atoms with Gasteiger partial charge < -0.3 is 10.1 Å². The Hall–Kier alpha value is -1.84. The van der Waals surface area contributed by atoms with E-state index in [0.717, 1.165) is 26.2 Å². The number of hydrogen-bond acceptors (Lipinski definition) is 4. The smallest absolute Gasteiger partial charge is 0.225 e. The largest absolute Gasteiger partial charge is 0.496 e. The number of carbonyl (C=O) groups is 1. The van der Waals surface area contributed by atoms with Crippen LogP contribution in [0.15, 0.2) is 22.7 Å². The van der Waals surface area contributed by atoms with E-state index in [1.54, 1.807) is 7.11 Å². The number of rotatable bonds is 5. The summed E-state index contributed by atoms with van der Waals surface area (Å²) in [6.07, 6.45) is 0.985. The van der Waals surface area contributed by atoms with Crippen LogP contribution < -0.4 is 10.1 Å². The second-order valence-corrected chi connectivity index (χ2v) is 7.20. The SMILES string of the molecule is COc1ccc(CCC(=O)Nc2sc(C)c(C)c2C#N)cc1Br. The van der Waals surface area contributed by atoms with Crippen molar-refractivity contribution < 1.29 is 9.53 Å². The maximum atomic E-state index is 12.1. The lowest BCUT2D eigenvalue weighted by Crippen LogP contribution is -2.12. The molecule has 0 saturated carbocycles. The molecule has 1 N–H and O–H groups in total. The molecule has 0 bridgehead atoms. The van der Waals surface area contributed by atoms with Gasteiger partial charge in [-0.2, -0.15) is 5.26 Å². The molecule has 0 aliphatic carbocycles. The van der Waals surface area contributed by atoms with Crippen molar-refractivity contribution in [2.24, 2.45) is 0 Å². The summed E-state index contributed by atoms with van der Waals surface area (Å²) in [5.41, 5.74) is 2.55. The Morgan fingerprint density at radius 3 is 2.78 bits per heavy atom. The Kier molecular flexibility index (Phi) is 5.80. The molecule has 1 heterocycles. The third-order valence-electron chi connectivity index (χ3n) is 3.61. The summed E-state index contributed by atoms with van der Waals surface area (Å²) in [5, 5.41) is 12.7. The molecule has 1 aromatic carbocycles. The molecule has 0 spiro atoms. The van der Waals surface area contributed by atoms with E-state index in [1.165, 1.54) is 11.3 Å². The highest BCUT2D eigenvalue weighted by Crippen LogP contribution is 2.32. The van der Waals surface area contributed by atoms with E-state index in [-0.39, 0.29) is 5.91 Å². The van der Waals surface area contributed by atoms with Gasteiger partial charge in [0.15, 0.2) is 0 Å². The van der Waals surface area contributed by atoms with E-state index in [9.17, 15) is 10.1 Å². The molecule has 1 amide bonds. The number of nitrogens with one attached hydrogen (secondary N) is 1. The monoisotopic (exact) mass is 392 g/mol. The molecule has 0 fully saturated rings. The fourth-order valence-corrected chi connectivity index (χ4v) is 3.78. The number of halogens is 1. The van der Waals surface area contributed by atoms with Crippen LogP contribution in [0.4, 0.5) is 5.00 Å². The van der Waals surface area contributed by atoms with E-state index in [2.05, 4.69) is 27.3 Å². The van der Waals surface area contributed by atoms with Crippen LogP contribution in [-0.4, -0.2) is 13.0 Å². The first-order valence-electron chi connectivity index (χ1n) is 7.08. The number of nitriles is 1. The highest BCUT2D eigenvalue weighted by Gasteiger charge is 2.14. The topological polar surface area (TPSA) is 62.1 Å². The van der Waals surface area contributed by atoms with Crippen LogP contribution in [0.2, 0.25) is 0 Å². The van der Waals surface area contributed by atoms with Gasteiger partial charge in [-0.3, -0.25) is 4.79 Å². The molecule has 2 rings (SSSR count). The fraction of sp³-hybridized carbons (Fsp3) is 0.294. The molecular formula is C17H17BrN2O2S. The van der Waals surface area contributed by atoms with Gasteiger partial charge in [0, 0.05) is 11.3 Å². The van der Waals surface area contributed by atoms with E-state index >= 15 is 0 Å². The first-order chi connectivity index (χ1) is 11.0. The molecule has 6 heteroatoms. The third-order valence-corrected chi connectivity index (χ3v) is 5.35. The van der Waals surface area contributed by atoms with Crippen LogP contribution in [0.5, 0.6) is 5.75 Å². The molecule has 0 atom stereocenters. The molecule has 23 heavy (non-hydrogen) atoms. The Morgan fingerprint density at radius 1 is 1.43 bits per heavy atom. The lowest BCUT2D eigenvalue weighted by Gasteiger charge is -2.07. The zero-order chi connectivity index (χ0) is 17.0. The zero-order valence-electron chi connectivity index (χ0n) is 13.2. The third kappa shape index (κ3) is 4.12. The number of amides is 1. The van der Waals surface area contributed by atoms with Gasteiger partial charge in [-0.05, 0) is 59.5 Å². The van der Waals surface area contributed by atoms with Crippen molar-refractivity contribution in [3.05, 3.63) is 44.2 Å².